The zero-order valence-corrected chi connectivity index (χ0v) is 12.1. The van der Waals surface area contributed by atoms with Gasteiger partial charge in [0.15, 0.2) is 0 Å². The maximum atomic E-state index is 12.5. The molecule has 1 aromatic rings. The van der Waals surface area contributed by atoms with E-state index in [1.54, 1.807) is 13.8 Å². The van der Waals surface area contributed by atoms with Crippen LogP contribution in [0.5, 0.6) is 5.75 Å². The summed E-state index contributed by atoms with van der Waals surface area (Å²) in [6.45, 7) is 2.97. The van der Waals surface area contributed by atoms with Gasteiger partial charge in [-0.1, -0.05) is 0 Å². The second-order valence-corrected chi connectivity index (χ2v) is 4.79. The molecule has 7 heteroatoms. The number of nitrogens with zero attached hydrogens (tertiary/aromatic N) is 2. The van der Waals surface area contributed by atoms with E-state index < -0.39 is 18.5 Å². The highest BCUT2D eigenvalue weighted by Crippen LogP contribution is 2.20. The van der Waals surface area contributed by atoms with E-state index in [9.17, 15) is 14.7 Å². The number of phenolic OH excluding ortho intramolecular Hbond substituents is 1. The molecule has 21 heavy (non-hydrogen) atoms. The molecule has 0 heterocycles. The van der Waals surface area contributed by atoms with Gasteiger partial charge in [-0.05, 0) is 38.1 Å². The molecule has 116 valence electrons. The van der Waals surface area contributed by atoms with Gasteiger partial charge >= 0.3 is 12.0 Å². The standard InChI is InChI=1S/C14H20N2O5/c1-10(2)15(7-8-17)14(21)16(9-13(19)20)11-3-5-12(18)6-4-11/h3-6,10,17-18H,7-9H2,1-2H3,(H,19,20). The van der Waals surface area contributed by atoms with E-state index in [0.29, 0.717) is 5.69 Å². The summed E-state index contributed by atoms with van der Waals surface area (Å²) in [6, 6.07) is 5.00. The lowest BCUT2D eigenvalue weighted by Gasteiger charge is -2.32. The Morgan fingerprint density at radius 1 is 1.19 bits per heavy atom. The van der Waals surface area contributed by atoms with Gasteiger partial charge in [0.25, 0.3) is 0 Å². The van der Waals surface area contributed by atoms with Crippen molar-refractivity contribution in [2.45, 2.75) is 19.9 Å². The third-order valence-electron chi connectivity index (χ3n) is 2.90. The number of aliphatic hydroxyl groups is 1. The number of aliphatic carboxylic acids is 1. The van der Waals surface area contributed by atoms with Gasteiger partial charge in [0, 0.05) is 18.3 Å². The lowest BCUT2D eigenvalue weighted by molar-refractivity contribution is -0.135. The number of hydrogen-bond donors (Lipinski definition) is 3. The number of carbonyl (C=O) groups is 2. The Morgan fingerprint density at radius 3 is 2.19 bits per heavy atom. The minimum absolute atomic E-state index is 0.0255. The first-order valence-corrected chi connectivity index (χ1v) is 6.56. The van der Waals surface area contributed by atoms with Gasteiger partial charge < -0.3 is 20.2 Å². The van der Waals surface area contributed by atoms with Gasteiger partial charge in [0.2, 0.25) is 0 Å². The normalized spacial score (nSPS) is 10.5. The van der Waals surface area contributed by atoms with E-state index in [4.69, 9.17) is 10.2 Å². The van der Waals surface area contributed by atoms with Crippen LogP contribution in [0.3, 0.4) is 0 Å². The van der Waals surface area contributed by atoms with Gasteiger partial charge in [-0.3, -0.25) is 9.69 Å². The van der Waals surface area contributed by atoms with Crippen molar-refractivity contribution >= 4 is 17.7 Å². The molecule has 0 unspecified atom stereocenters. The topological polar surface area (TPSA) is 101 Å². The fraction of sp³-hybridized carbons (Fsp3) is 0.429. The molecule has 0 fully saturated rings. The molecule has 0 aromatic heterocycles. The molecular formula is C14H20N2O5. The van der Waals surface area contributed by atoms with Crippen LogP contribution in [0.4, 0.5) is 10.5 Å². The Hall–Kier alpha value is -2.28. The van der Waals surface area contributed by atoms with Crippen LogP contribution in [0.25, 0.3) is 0 Å². The number of benzene rings is 1. The van der Waals surface area contributed by atoms with E-state index >= 15 is 0 Å². The third-order valence-corrected chi connectivity index (χ3v) is 2.90. The van der Waals surface area contributed by atoms with Crippen LogP contribution in [-0.2, 0) is 4.79 Å². The molecule has 0 saturated carbocycles. The van der Waals surface area contributed by atoms with Crippen molar-refractivity contribution in [2.75, 3.05) is 24.6 Å². The number of anilines is 1. The van der Waals surface area contributed by atoms with Crippen LogP contribution < -0.4 is 4.90 Å². The molecule has 7 nitrogen and oxygen atoms in total. The predicted octanol–water partition coefficient (Wildman–Crippen LogP) is 1.11. The van der Waals surface area contributed by atoms with Crippen LogP contribution in [0.2, 0.25) is 0 Å². The number of phenols is 1. The number of aliphatic hydroxyl groups excluding tert-OH is 1. The van der Waals surface area contributed by atoms with Crippen LogP contribution in [0.1, 0.15) is 13.8 Å². The summed E-state index contributed by atoms with van der Waals surface area (Å²) < 4.78 is 0. The highest BCUT2D eigenvalue weighted by atomic mass is 16.4. The first-order chi connectivity index (χ1) is 9.86. The van der Waals surface area contributed by atoms with Gasteiger partial charge in [-0.15, -0.1) is 0 Å². The summed E-state index contributed by atoms with van der Waals surface area (Å²) in [5.74, 6) is -1.12. The second kappa shape index (κ2) is 7.49. The van der Waals surface area contributed by atoms with Crippen LogP contribution >= 0.6 is 0 Å². The summed E-state index contributed by atoms with van der Waals surface area (Å²) >= 11 is 0. The monoisotopic (exact) mass is 296 g/mol. The molecule has 0 aliphatic rings. The first-order valence-electron chi connectivity index (χ1n) is 6.56. The van der Waals surface area contributed by atoms with E-state index in [2.05, 4.69) is 0 Å². The summed E-state index contributed by atoms with van der Waals surface area (Å²) in [5.41, 5.74) is 0.365. The number of hydrogen-bond acceptors (Lipinski definition) is 4. The minimum Gasteiger partial charge on any atom is -0.508 e. The minimum atomic E-state index is -1.15. The fourth-order valence-electron chi connectivity index (χ4n) is 1.87. The van der Waals surface area contributed by atoms with Crippen molar-refractivity contribution < 1.29 is 24.9 Å². The van der Waals surface area contributed by atoms with Crippen molar-refractivity contribution in [2.24, 2.45) is 0 Å². The van der Waals surface area contributed by atoms with Gasteiger partial charge in [-0.25, -0.2) is 4.79 Å². The largest absolute Gasteiger partial charge is 0.508 e. The van der Waals surface area contributed by atoms with Crippen molar-refractivity contribution in [3.8, 4) is 5.75 Å². The SMILES string of the molecule is CC(C)N(CCO)C(=O)N(CC(=O)O)c1ccc(O)cc1. The fourth-order valence-corrected chi connectivity index (χ4v) is 1.87. The van der Waals surface area contributed by atoms with E-state index in [1.807, 2.05) is 0 Å². The van der Waals surface area contributed by atoms with Crippen molar-refractivity contribution in [3.05, 3.63) is 24.3 Å². The number of amides is 2. The molecule has 0 atom stereocenters. The molecule has 3 N–H and O–H groups in total. The maximum Gasteiger partial charge on any atom is 0.325 e. The number of carbonyl (C=O) groups excluding carboxylic acids is 1. The molecule has 0 aliphatic heterocycles. The van der Waals surface area contributed by atoms with Crippen molar-refractivity contribution in [3.63, 3.8) is 0 Å². The maximum absolute atomic E-state index is 12.5. The summed E-state index contributed by atoms with van der Waals surface area (Å²) in [5, 5.41) is 27.3. The zero-order chi connectivity index (χ0) is 16.0. The Balaban J connectivity index is 3.08. The lowest BCUT2D eigenvalue weighted by atomic mass is 10.2. The Kier molecular flexibility index (Phi) is 5.98. The van der Waals surface area contributed by atoms with Crippen LogP contribution in [-0.4, -0.2) is 58.0 Å². The zero-order valence-electron chi connectivity index (χ0n) is 12.1. The van der Waals surface area contributed by atoms with Crippen molar-refractivity contribution in [1.82, 2.24) is 4.90 Å². The van der Waals surface area contributed by atoms with Gasteiger partial charge in [-0.2, -0.15) is 0 Å². The lowest BCUT2D eigenvalue weighted by Crippen LogP contribution is -2.49. The number of carboxylic acid groups (broad SMARTS) is 1. The summed E-state index contributed by atoms with van der Waals surface area (Å²) in [6.07, 6.45) is 0. The predicted molar refractivity (Wildman–Crippen MR) is 77.4 cm³/mol. The number of rotatable bonds is 6. The quantitative estimate of drug-likeness (QED) is 0.730. The highest BCUT2D eigenvalue weighted by molar-refractivity contribution is 5.96. The Bertz CT molecular complexity index is 487. The van der Waals surface area contributed by atoms with E-state index in [-0.39, 0.29) is 24.9 Å². The van der Waals surface area contributed by atoms with Crippen LogP contribution in [0.15, 0.2) is 24.3 Å². The Morgan fingerprint density at radius 2 is 1.76 bits per heavy atom. The van der Waals surface area contributed by atoms with E-state index in [1.165, 1.54) is 29.2 Å². The van der Waals surface area contributed by atoms with E-state index in [0.717, 1.165) is 4.90 Å². The molecule has 1 rings (SSSR count). The smallest absolute Gasteiger partial charge is 0.325 e. The molecular weight excluding hydrogens is 276 g/mol. The second-order valence-electron chi connectivity index (χ2n) is 4.79. The first kappa shape index (κ1) is 16.8. The van der Waals surface area contributed by atoms with Gasteiger partial charge in [0.1, 0.15) is 12.3 Å². The molecule has 2 amide bonds. The van der Waals surface area contributed by atoms with Gasteiger partial charge in [0.05, 0.1) is 6.61 Å². The number of urea groups is 1. The molecule has 0 spiro atoms. The Labute approximate surface area is 123 Å². The van der Waals surface area contributed by atoms with Crippen LogP contribution in [0, 0.1) is 0 Å². The average Bonchev–Trinajstić information content (AvgIpc) is 2.42. The summed E-state index contributed by atoms with van der Waals surface area (Å²) in [4.78, 5) is 26.0. The molecule has 0 bridgehead atoms. The molecule has 1 aromatic carbocycles. The molecule has 0 aliphatic carbocycles. The third kappa shape index (κ3) is 4.64. The van der Waals surface area contributed by atoms with Crippen molar-refractivity contribution in [1.29, 1.82) is 0 Å². The molecule has 0 saturated heterocycles. The number of aromatic hydroxyl groups is 1. The average molecular weight is 296 g/mol. The summed E-state index contributed by atoms with van der Waals surface area (Å²) in [7, 11) is 0. The number of carboxylic acids is 1. The molecule has 0 radical (unpaired) electrons. The highest BCUT2D eigenvalue weighted by Gasteiger charge is 2.25.